The van der Waals surface area contributed by atoms with Crippen LogP contribution >= 0.6 is 11.6 Å². The molecule has 0 heterocycles. The maximum Gasteiger partial charge on any atom is 0.172 e. The van der Waals surface area contributed by atoms with E-state index in [2.05, 4.69) is 9.88 Å². The molecule has 1 aromatic carbocycles. The van der Waals surface area contributed by atoms with E-state index in [-0.39, 0.29) is 12.4 Å². The van der Waals surface area contributed by atoms with Crippen LogP contribution in [0.2, 0.25) is 5.02 Å². The van der Waals surface area contributed by atoms with Crippen LogP contribution in [0.4, 0.5) is 5.69 Å². The Morgan fingerprint density at radius 3 is 2.76 bits per heavy atom. The third-order valence-corrected chi connectivity index (χ3v) is 2.59. The Morgan fingerprint density at radius 2 is 2.24 bits per heavy atom. The largest absolute Gasteiger partial charge is 0.392 e. The second-order valence-corrected chi connectivity index (χ2v) is 3.89. The molecule has 0 amide bonds. The lowest BCUT2D eigenvalue weighted by molar-refractivity contribution is -0.138. The molecule has 0 saturated carbocycles. The van der Waals surface area contributed by atoms with Gasteiger partial charge in [0.2, 0.25) is 0 Å². The smallest absolute Gasteiger partial charge is 0.172 e. The molecular weight excluding hydrogens is 244 g/mol. The number of nitrogens with zero attached hydrogens (tertiary/aromatic N) is 2. The summed E-state index contributed by atoms with van der Waals surface area (Å²) in [4.78, 5) is 10.2. The lowest BCUT2D eigenvalue weighted by Crippen LogP contribution is -2.14. The number of hydrogen-bond donors (Lipinski definition) is 2. The number of hydrogen-bond acceptors (Lipinski definition) is 4. The molecule has 2 N–H and O–H groups in total. The second kappa shape index (κ2) is 6.44. The fraction of sp³-hybridized carbons (Fsp3) is 0.364. The van der Waals surface area contributed by atoms with Gasteiger partial charge in [0.1, 0.15) is 0 Å². The molecule has 94 valence electrons. The van der Waals surface area contributed by atoms with Crippen molar-refractivity contribution in [3.05, 3.63) is 22.7 Å². The average Bonchev–Trinajstić information content (AvgIpc) is 2.36. The maximum atomic E-state index is 9.02. The van der Waals surface area contributed by atoms with Gasteiger partial charge in [-0.3, -0.25) is 0 Å². The maximum absolute atomic E-state index is 9.02. The highest BCUT2D eigenvalue weighted by Crippen LogP contribution is 2.32. The molecule has 0 spiro atoms. The molecule has 1 rings (SSSR count). The molecule has 0 bridgehead atoms. The first-order chi connectivity index (χ1) is 8.12. The summed E-state index contributed by atoms with van der Waals surface area (Å²) in [5, 5.41) is 18.1. The third-order valence-electron chi connectivity index (χ3n) is 2.29. The van der Waals surface area contributed by atoms with Crippen molar-refractivity contribution >= 4 is 23.6 Å². The quantitative estimate of drug-likeness (QED) is 0.368. The summed E-state index contributed by atoms with van der Waals surface area (Å²) in [6.07, 6.45) is 1.63. The number of rotatable bonds is 5. The topological polar surface area (TPSA) is 65.3 Å². The standard InChI is InChI=1S/C11H15ClN2O3/c1-3-14(2)7-13-10-5-11(17-16)8(6-15)4-9(10)12/h4-5,7,15-16H,3,6H2,1-2H3. The van der Waals surface area contributed by atoms with Gasteiger partial charge in [-0.05, 0) is 13.0 Å². The third kappa shape index (κ3) is 3.59. The van der Waals surface area contributed by atoms with Gasteiger partial charge in [-0.1, -0.05) is 11.6 Å². The number of aliphatic imine (C=N–C) groups is 1. The molecule has 0 aliphatic heterocycles. The van der Waals surface area contributed by atoms with Crippen LogP contribution in [0, 0.1) is 0 Å². The summed E-state index contributed by atoms with van der Waals surface area (Å²) >= 11 is 5.98. The number of benzene rings is 1. The van der Waals surface area contributed by atoms with E-state index < -0.39 is 0 Å². The van der Waals surface area contributed by atoms with Crippen LogP contribution in [0.25, 0.3) is 0 Å². The van der Waals surface area contributed by atoms with E-state index in [4.69, 9.17) is 22.0 Å². The van der Waals surface area contributed by atoms with Crippen molar-refractivity contribution in [1.29, 1.82) is 0 Å². The Balaban J connectivity index is 3.04. The zero-order valence-corrected chi connectivity index (χ0v) is 10.5. The van der Waals surface area contributed by atoms with Gasteiger partial charge < -0.3 is 14.9 Å². The summed E-state index contributed by atoms with van der Waals surface area (Å²) in [7, 11) is 1.88. The van der Waals surface area contributed by atoms with Crippen LogP contribution in [0.5, 0.6) is 5.75 Å². The highest BCUT2D eigenvalue weighted by Gasteiger charge is 2.09. The van der Waals surface area contributed by atoms with Crippen LogP contribution < -0.4 is 4.89 Å². The van der Waals surface area contributed by atoms with Crippen LogP contribution in [0.3, 0.4) is 0 Å². The molecule has 0 aliphatic carbocycles. The minimum absolute atomic E-state index is 0.142. The Morgan fingerprint density at radius 1 is 1.53 bits per heavy atom. The van der Waals surface area contributed by atoms with Gasteiger partial charge in [-0.2, -0.15) is 0 Å². The van der Waals surface area contributed by atoms with Gasteiger partial charge >= 0.3 is 0 Å². The van der Waals surface area contributed by atoms with Crippen molar-refractivity contribution in [2.75, 3.05) is 13.6 Å². The lowest BCUT2D eigenvalue weighted by atomic mass is 10.2. The van der Waals surface area contributed by atoms with E-state index in [0.717, 1.165) is 6.54 Å². The molecule has 0 aliphatic rings. The number of aliphatic hydroxyl groups excluding tert-OH is 1. The van der Waals surface area contributed by atoms with E-state index in [1.54, 1.807) is 6.34 Å². The second-order valence-electron chi connectivity index (χ2n) is 3.48. The van der Waals surface area contributed by atoms with Crippen molar-refractivity contribution in [2.45, 2.75) is 13.5 Å². The lowest BCUT2D eigenvalue weighted by Gasteiger charge is -2.10. The fourth-order valence-corrected chi connectivity index (χ4v) is 1.37. The van der Waals surface area contributed by atoms with E-state index in [9.17, 15) is 0 Å². The monoisotopic (exact) mass is 258 g/mol. The first kappa shape index (κ1) is 13.8. The minimum Gasteiger partial charge on any atom is -0.392 e. The number of aliphatic hydroxyl groups is 1. The Kier molecular flexibility index (Phi) is 5.21. The summed E-state index contributed by atoms with van der Waals surface area (Å²) in [5.74, 6) is 0.142. The van der Waals surface area contributed by atoms with Gasteiger partial charge in [-0.25, -0.2) is 10.2 Å². The van der Waals surface area contributed by atoms with Gasteiger partial charge in [0.25, 0.3) is 0 Å². The molecule has 17 heavy (non-hydrogen) atoms. The van der Waals surface area contributed by atoms with Gasteiger partial charge in [0.05, 0.1) is 23.7 Å². The van der Waals surface area contributed by atoms with Crippen LogP contribution in [0.1, 0.15) is 12.5 Å². The Hall–Kier alpha value is -1.30. The van der Waals surface area contributed by atoms with Crippen molar-refractivity contribution in [3.8, 4) is 5.75 Å². The molecule has 0 saturated heterocycles. The molecule has 0 fully saturated rings. The first-order valence-corrected chi connectivity index (χ1v) is 5.49. The predicted molar refractivity (Wildman–Crippen MR) is 67.1 cm³/mol. The molecule has 0 atom stereocenters. The van der Waals surface area contributed by atoms with E-state index in [0.29, 0.717) is 16.3 Å². The Bertz CT molecular complexity index is 410. The molecule has 0 radical (unpaired) electrons. The summed E-state index contributed by atoms with van der Waals surface area (Å²) < 4.78 is 0. The Labute approximate surface area is 105 Å². The van der Waals surface area contributed by atoms with Crippen LogP contribution in [-0.2, 0) is 6.61 Å². The minimum atomic E-state index is -0.269. The van der Waals surface area contributed by atoms with Crippen molar-refractivity contribution < 1.29 is 15.3 Å². The zero-order valence-electron chi connectivity index (χ0n) is 9.72. The highest BCUT2D eigenvalue weighted by atomic mass is 35.5. The van der Waals surface area contributed by atoms with Crippen molar-refractivity contribution in [1.82, 2.24) is 4.90 Å². The molecule has 5 nitrogen and oxygen atoms in total. The predicted octanol–water partition coefficient (Wildman–Crippen LogP) is 2.30. The molecule has 0 aromatic heterocycles. The number of halogens is 1. The summed E-state index contributed by atoms with van der Waals surface area (Å²) in [5.41, 5.74) is 0.869. The molecular formula is C11H15ClN2O3. The first-order valence-electron chi connectivity index (χ1n) is 5.11. The normalized spacial score (nSPS) is 10.9. The molecule has 1 aromatic rings. The SMILES string of the molecule is CCN(C)C=Nc1cc(OO)c(CO)cc1Cl. The van der Waals surface area contributed by atoms with Crippen LogP contribution in [-0.4, -0.2) is 35.2 Å². The van der Waals surface area contributed by atoms with Gasteiger partial charge in [0, 0.05) is 25.2 Å². The van der Waals surface area contributed by atoms with Crippen LogP contribution in [0.15, 0.2) is 17.1 Å². The molecule has 6 heteroatoms. The van der Waals surface area contributed by atoms with Crippen molar-refractivity contribution in [2.24, 2.45) is 4.99 Å². The summed E-state index contributed by atoms with van der Waals surface area (Å²) in [6.45, 7) is 2.54. The van der Waals surface area contributed by atoms with Gasteiger partial charge in [-0.15, -0.1) is 0 Å². The van der Waals surface area contributed by atoms with E-state index >= 15 is 0 Å². The fourth-order valence-electron chi connectivity index (χ4n) is 1.13. The average molecular weight is 259 g/mol. The van der Waals surface area contributed by atoms with Gasteiger partial charge in [0.15, 0.2) is 5.75 Å². The molecule has 0 unspecified atom stereocenters. The van der Waals surface area contributed by atoms with Crippen molar-refractivity contribution in [3.63, 3.8) is 0 Å². The van der Waals surface area contributed by atoms with E-state index in [1.165, 1.54) is 12.1 Å². The summed E-state index contributed by atoms with van der Waals surface area (Å²) in [6, 6.07) is 2.97. The zero-order chi connectivity index (χ0) is 12.8. The highest BCUT2D eigenvalue weighted by molar-refractivity contribution is 6.33. The van der Waals surface area contributed by atoms with E-state index in [1.807, 2.05) is 18.9 Å².